The number of benzene rings is 2. The lowest BCUT2D eigenvalue weighted by Crippen LogP contribution is -2.50. The minimum absolute atomic E-state index is 0.140. The number of piperazine rings is 1. The lowest BCUT2D eigenvalue weighted by Gasteiger charge is -2.36. The van der Waals surface area contributed by atoms with E-state index in [0.717, 1.165) is 30.8 Å². The van der Waals surface area contributed by atoms with Gasteiger partial charge in [-0.2, -0.15) is 0 Å². The van der Waals surface area contributed by atoms with Gasteiger partial charge < -0.3 is 10.2 Å². The molecule has 0 amide bonds. The maximum atomic E-state index is 14.2. The monoisotopic (exact) mass is 270 g/mol. The molecule has 20 heavy (non-hydrogen) atoms. The average Bonchev–Trinajstić information content (AvgIpc) is 2.49. The Kier molecular flexibility index (Phi) is 3.70. The highest BCUT2D eigenvalue weighted by molar-refractivity contribution is 5.69. The second-order valence-corrected chi connectivity index (χ2v) is 5.28. The van der Waals surface area contributed by atoms with Crippen molar-refractivity contribution in [2.45, 2.75) is 13.0 Å². The molecule has 0 bridgehead atoms. The fourth-order valence-electron chi connectivity index (χ4n) is 2.74. The third-order valence-corrected chi connectivity index (χ3v) is 3.86. The van der Waals surface area contributed by atoms with Crippen LogP contribution in [0.3, 0.4) is 0 Å². The SMILES string of the molecule is CC1CNCCN1c1cc(-c2ccccc2)ccc1F. The van der Waals surface area contributed by atoms with Crippen molar-refractivity contribution in [3.05, 3.63) is 54.3 Å². The minimum Gasteiger partial charge on any atom is -0.364 e. The Labute approximate surface area is 119 Å². The van der Waals surface area contributed by atoms with Crippen LogP contribution in [-0.4, -0.2) is 25.7 Å². The Morgan fingerprint density at radius 3 is 2.65 bits per heavy atom. The standard InChI is InChI=1S/C17H19FN2/c1-13-12-19-9-10-20(13)17-11-15(7-8-16(17)18)14-5-3-2-4-6-14/h2-8,11,13,19H,9-10,12H2,1H3. The van der Waals surface area contributed by atoms with E-state index in [4.69, 9.17) is 0 Å². The fraction of sp³-hybridized carbons (Fsp3) is 0.294. The highest BCUT2D eigenvalue weighted by Crippen LogP contribution is 2.28. The summed E-state index contributed by atoms with van der Waals surface area (Å²) in [4.78, 5) is 2.15. The van der Waals surface area contributed by atoms with Crippen molar-refractivity contribution in [1.29, 1.82) is 0 Å². The largest absolute Gasteiger partial charge is 0.364 e. The topological polar surface area (TPSA) is 15.3 Å². The molecular formula is C17H19FN2. The second-order valence-electron chi connectivity index (χ2n) is 5.28. The number of nitrogens with zero attached hydrogens (tertiary/aromatic N) is 1. The second kappa shape index (κ2) is 5.63. The molecule has 2 nitrogen and oxygen atoms in total. The van der Waals surface area contributed by atoms with E-state index >= 15 is 0 Å². The summed E-state index contributed by atoms with van der Waals surface area (Å²) >= 11 is 0. The van der Waals surface area contributed by atoms with Crippen LogP contribution in [0, 0.1) is 5.82 Å². The van der Waals surface area contributed by atoms with Crippen LogP contribution in [0.1, 0.15) is 6.92 Å². The van der Waals surface area contributed by atoms with Crippen molar-refractivity contribution < 1.29 is 4.39 Å². The minimum atomic E-state index is -0.140. The molecule has 2 aromatic rings. The number of anilines is 1. The van der Waals surface area contributed by atoms with E-state index in [2.05, 4.69) is 29.3 Å². The Morgan fingerprint density at radius 1 is 1.10 bits per heavy atom. The number of rotatable bonds is 2. The number of hydrogen-bond acceptors (Lipinski definition) is 2. The maximum Gasteiger partial charge on any atom is 0.146 e. The van der Waals surface area contributed by atoms with Gasteiger partial charge in [-0.25, -0.2) is 4.39 Å². The molecule has 0 aliphatic carbocycles. The van der Waals surface area contributed by atoms with Gasteiger partial charge >= 0.3 is 0 Å². The van der Waals surface area contributed by atoms with Crippen LogP contribution in [0.25, 0.3) is 11.1 Å². The Bertz CT molecular complexity index is 583. The van der Waals surface area contributed by atoms with Gasteiger partial charge in [-0.3, -0.25) is 0 Å². The third kappa shape index (κ3) is 2.54. The quantitative estimate of drug-likeness (QED) is 0.901. The summed E-state index contributed by atoms with van der Waals surface area (Å²) in [6.45, 7) is 4.77. The van der Waals surface area contributed by atoms with Crippen LogP contribution in [0.4, 0.5) is 10.1 Å². The van der Waals surface area contributed by atoms with Crippen LogP contribution >= 0.6 is 0 Å². The molecule has 1 aliphatic rings. The van der Waals surface area contributed by atoms with Crippen molar-refractivity contribution in [3.8, 4) is 11.1 Å². The Balaban J connectivity index is 1.98. The van der Waals surface area contributed by atoms with Gasteiger partial charge in [0.15, 0.2) is 0 Å². The van der Waals surface area contributed by atoms with Gasteiger partial charge in [0.05, 0.1) is 5.69 Å². The van der Waals surface area contributed by atoms with Crippen LogP contribution < -0.4 is 10.2 Å². The number of hydrogen-bond donors (Lipinski definition) is 1. The zero-order chi connectivity index (χ0) is 13.9. The average molecular weight is 270 g/mol. The van der Waals surface area contributed by atoms with E-state index in [1.807, 2.05) is 30.3 Å². The first-order chi connectivity index (χ1) is 9.75. The summed E-state index contributed by atoms with van der Waals surface area (Å²) in [6.07, 6.45) is 0. The molecule has 0 aromatic heterocycles. The lowest BCUT2D eigenvalue weighted by molar-refractivity contribution is 0.491. The van der Waals surface area contributed by atoms with Gasteiger partial charge in [0.25, 0.3) is 0 Å². The first-order valence-corrected chi connectivity index (χ1v) is 7.08. The fourth-order valence-corrected chi connectivity index (χ4v) is 2.74. The van der Waals surface area contributed by atoms with E-state index in [0.29, 0.717) is 11.7 Å². The smallest absolute Gasteiger partial charge is 0.146 e. The molecule has 1 fully saturated rings. The van der Waals surface area contributed by atoms with Gasteiger partial charge in [0.2, 0.25) is 0 Å². The molecule has 1 aliphatic heterocycles. The normalized spacial score (nSPS) is 19.1. The van der Waals surface area contributed by atoms with Crippen LogP contribution in [-0.2, 0) is 0 Å². The summed E-state index contributed by atoms with van der Waals surface area (Å²) in [5.74, 6) is -0.140. The first kappa shape index (κ1) is 13.1. The Hall–Kier alpha value is -1.87. The molecule has 2 aromatic carbocycles. The van der Waals surface area contributed by atoms with Gasteiger partial charge in [0, 0.05) is 25.7 Å². The summed E-state index contributed by atoms with van der Waals surface area (Å²) in [5, 5.41) is 3.34. The molecule has 1 saturated heterocycles. The van der Waals surface area contributed by atoms with Crippen LogP contribution in [0.2, 0.25) is 0 Å². The zero-order valence-electron chi connectivity index (χ0n) is 11.6. The molecule has 1 N–H and O–H groups in total. The van der Waals surface area contributed by atoms with E-state index < -0.39 is 0 Å². The molecule has 1 atom stereocenters. The van der Waals surface area contributed by atoms with Gasteiger partial charge in [-0.15, -0.1) is 0 Å². The van der Waals surface area contributed by atoms with Crippen molar-refractivity contribution in [3.63, 3.8) is 0 Å². The van der Waals surface area contributed by atoms with Crippen LogP contribution in [0.15, 0.2) is 48.5 Å². The molecule has 0 spiro atoms. The predicted octanol–water partition coefficient (Wildman–Crippen LogP) is 3.29. The highest BCUT2D eigenvalue weighted by atomic mass is 19.1. The summed E-state index contributed by atoms with van der Waals surface area (Å²) in [7, 11) is 0. The van der Waals surface area contributed by atoms with E-state index in [-0.39, 0.29) is 5.82 Å². The van der Waals surface area contributed by atoms with Crippen LogP contribution in [0.5, 0.6) is 0 Å². The van der Waals surface area contributed by atoms with Gasteiger partial charge in [0.1, 0.15) is 5.82 Å². The van der Waals surface area contributed by atoms with E-state index in [1.165, 1.54) is 0 Å². The summed E-state index contributed by atoms with van der Waals surface area (Å²) in [5.41, 5.74) is 2.89. The van der Waals surface area contributed by atoms with Crippen molar-refractivity contribution in [2.75, 3.05) is 24.5 Å². The number of nitrogens with one attached hydrogen (secondary N) is 1. The first-order valence-electron chi connectivity index (χ1n) is 7.08. The lowest BCUT2D eigenvalue weighted by atomic mass is 10.0. The molecule has 0 radical (unpaired) electrons. The molecule has 3 heteroatoms. The van der Waals surface area contributed by atoms with Crippen molar-refractivity contribution >= 4 is 5.69 Å². The molecule has 0 saturated carbocycles. The molecule has 3 rings (SSSR count). The van der Waals surface area contributed by atoms with E-state index in [9.17, 15) is 4.39 Å². The van der Waals surface area contributed by atoms with Crippen molar-refractivity contribution in [1.82, 2.24) is 5.32 Å². The summed E-state index contributed by atoms with van der Waals surface area (Å²) in [6, 6.07) is 15.8. The molecular weight excluding hydrogens is 251 g/mol. The number of halogens is 1. The molecule has 1 heterocycles. The predicted molar refractivity (Wildman–Crippen MR) is 81.5 cm³/mol. The van der Waals surface area contributed by atoms with Gasteiger partial charge in [-0.1, -0.05) is 36.4 Å². The van der Waals surface area contributed by atoms with E-state index in [1.54, 1.807) is 6.07 Å². The highest BCUT2D eigenvalue weighted by Gasteiger charge is 2.21. The molecule has 1 unspecified atom stereocenters. The Morgan fingerprint density at radius 2 is 1.90 bits per heavy atom. The molecule has 104 valence electrons. The van der Waals surface area contributed by atoms with Gasteiger partial charge in [-0.05, 0) is 30.2 Å². The summed E-state index contributed by atoms with van der Waals surface area (Å²) < 4.78 is 14.2. The van der Waals surface area contributed by atoms with Crippen molar-refractivity contribution in [2.24, 2.45) is 0 Å². The maximum absolute atomic E-state index is 14.2. The third-order valence-electron chi connectivity index (χ3n) is 3.86. The zero-order valence-corrected chi connectivity index (χ0v) is 11.6.